The Hall–Kier alpha value is -3.44. The Bertz CT molecular complexity index is 1360. The van der Waals surface area contributed by atoms with Crippen LogP contribution in [0, 0.1) is 5.92 Å². The van der Waals surface area contributed by atoms with Crippen molar-refractivity contribution in [2.24, 2.45) is 5.92 Å². The average Bonchev–Trinajstić information content (AvgIpc) is 3.27. The van der Waals surface area contributed by atoms with Crippen LogP contribution < -0.4 is 10.6 Å². The molecule has 2 saturated heterocycles. The van der Waals surface area contributed by atoms with Gasteiger partial charge in [0.2, 0.25) is 11.9 Å². The second-order valence-corrected chi connectivity index (χ2v) is 13.0. The number of ether oxygens (including phenoxy) is 2. The summed E-state index contributed by atoms with van der Waals surface area (Å²) >= 11 is 6.48. The van der Waals surface area contributed by atoms with Crippen molar-refractivity contribution < 1.29 is 23.9 Å². The lowest BCUT2D eigenvalue weighted by atomic mass is 9.91. The number of benzene rings is 1. The highest BCUT2D eigenvalue weighted by Crippen LogP contribution is 2.32. The molecule has 2 N–H and O–H groups in total. The van der Waals surface area contributed by atoms with Crippen LogP contribution in [0.3, 0.4) is 0 Å². The summed E-state index contributed by atoms with van der Waals surface area (Å²) < 4.78 is 11.0. The Morgan fingerprint density at radius 3 is 2.72 bits per heavy atom. The Morgan fingerprint density at radius 2 is 1.98 bits per heavy atom. The maximum Gasteiger partial charge on any atom is 0.410 e. The fourth-order valence-electron chi connectivity index (χ4n) is 5.80. The molecule has 2 atom stereocenters. The quantitative estimate of drug-likeness (QED) is 0.468. The van der Waals surface area contributed by atoms with E-state index in [9.17, 15) is 14.4 Å². The highest BCUT2D eigenvalue weighted by molar-refractivity contribution is 6.33. The summed E-state index contributed by atoms with van der Waals surface area (Å²) in [6, 6.07) is 5.64. The van der Waals surface area contributed by atoms with Gasteiger partial charge in [-0.3, -0.25) is 9.59 Å². The molecule has 4 heterocycles. The Kier molecular flexibility index (Phi) is 9.41. The van der Waals surface area contributed by atoms with E-state index in [1.807, 2.05) is 39.8 Å². The molecular weight excluding hydrogens is 572 g/mol. The molecule has 0 saturated carbocycles. The highest BCUT2D eigenvalue weighted by atomic mass is 35.5. The van der Waals surface area contributed by atoms with E-state index in [0.717, 1.165) is 31.2 Å². The number of nitrogens with zero attached hydrogens (tertiary/aromatic N) is 4. The van der Waals surface area contributed by atoms with Gasteiger partial charge in [0, 0.05) is 56.1 Å². The third-order valence-corrected chi connectivity index (χ3v) is 8.38. The van der Waals surface area contributed by atoms with Gasteiger partial charge in [-0.2, -0.15) is 0 Å². The van der Waals surface area contributed by atoms with Crippen LogP contribution in [-0.4, -0.2) is 88.2 Å². The van der Waals surface area contributed by atoms with E-state index in [1.165, 1.54) is 0 Å². The topological polar surface area (TPSA) is 126 Å². The fourth-order valence-corrected chi connectivity index (χ4v) is 6.00. The molecule has 3 aliphatic rings. The monoisotopic (exact) mass is 612 g/mol. The zero-order valence-electron chi connectivity index (χ0n) is 25.3. The highest BCUT2D eigenvalue weighted by Gasteiger charge is 2.33. The molecule has 1 aromatic heterocycles. The first-order chi connectivity index (χ1) is 20.5. The Morgan fingerprint density at radius 1 is 1.21 bits per heavy atom. The lowest BCUT2D eigenvalue weighted by Gasteiger charge is -2.36. The maximum absolute atomic E-state index is 13.3. The van der Waals surface area contributed by atoms with Crippen LogP contribution in [0.25, 0.3) is 11.3 Å². The second kappa shape index (κ2) is 13.1. The minimum atomic E-state index is -0.559. The summed E-state index contributed by atoms with van der Waals surface area (Å²) in [4.78, 5) is 51.2. The Labute approximate surface area is 257 Å². The number of carbonyl (C=O) groups excluding carboxylic acids is 3. The third-order valence-electron chi connectivity index (χ3n) is 8.10. The van der Waals surface area contributed by atoms with E-state index < -0.39 is 5.60 Å². The number of fused-ring (bicyclic) bond motifs is 1. The van der Waals surface area contributed by atoms with Gasteiger partial charge in [-0.25, -0.2) is 14.8 Å². The average molecular weight is 613 g/mol. The summed E-state index contributed by atoms with van der Waals surface area (Å²) in [5.74, 6) is 0.144. The number of anilines is 1. The van der Waals surface area contributed by atoms with Crippen molar-refractivity contribution in [2.45, 2.75) is 77.6 Å². The number of amides is 3. The molecule has 0 spiro atoms. The van der Waals surface area contributed by atoms with Crippen molar-refractivity contribution >= 4 is 35.5 Å². The van der Waals surface area contributed by atoms with Crippen molar-refractivity contribution in [1.82, 2.24) is 25.1 Å². The summed E-state index contributed by atoms with van der Waals surface area (Å²) in [5.41, 5.74) is 2.07. The van der Waals surface area contributed by atoms with Crippen molar-refractivity contribution in [1.29, 1.82) is 0 Å². The number of likely N-dealkylation sites (tertiary alicyclic amines) is 1. The molecule has 0 bridgehead atoms. The van der Waals surface area contributed by atoms with Crippen LogP contribution in [0.15, 0.2) is 24.4 Å². The number of nitrogens with one attached hydrogen (secondary N) is 2. The first-order valence-corrected chi connectivity index (χ1v) is 15.4. The first-order valence-electron chi connectivity index (χ1n) is 15.0. The van der Waals surface area contributed by atoms with Crippen molar-refractivity contribution in [3.8, 4) is 11.3 Å². The summed E-state index contributed by atoms with van der Waals surface area (Å²) in [7, 11) is 0. The molecule has 12 heteroatoms. The summed E-state index contributed by atoms with van der Waals surface area (Å²) in [6.07, 6.45) is 4.73. The molecule has 11 nitrogen and oxygen atoms in total. The van der Waals surface area contributed by atoms with Gasteiger partial charge >= 0.3 is 6.09 Å². The van der Waals surface area contributed by atoms with E-state index >= 15 is 0 Å². The van der Waals surface area contributed by atoms with Crippen LogP contribution in [0.2, 0.25) is 5.02 Å². The lowest BCUT2D eigenvalue weighted by molar-refractivity contribution is -0.122. The SMILES string of the molecule is C[C@@H](NC(=O)CN1Cc2ccc(-c3nc(NC4CCOCC4)ncc3Cl)cc2C1=O)[C@H]1CCCN(C(=O)OC(C)(C)C)C1. The van der Waals surface area contributed by atoms with Crippen molar-refractivity contribution in [3.05, 3.63) is 40.5 Å². The van der Waals surface area contributed by atoms with E-state index in [-0.39, 0.29) is 42.5 Å². The molecule has 2 aromatic rings. The molecule has 43 heavy (non-hydrogen) atoms. The van der Waals surface area contributed by atoms with Crippen molar-refractivity contribution in [3.63, 3.8) is 0 Å². The molecule has 3 amide bonds. The molecular formula is C31H41ClN6O5. The van der Waals surface area contributed by atoms with Gasteiger partial charge in [-0.05, 0) is 70.9 Å². The van der Waals surface area contributed by atoms with Gasteiger partial charge in [-0.1, -0.05) is 23.7 Å². The standard InChI is InChI=1S/C31H41ClN6O5/c1-19(21-6-5-11-37(16-21)30(41)43-31(2,3)4)34-26(39)18-38-17-22-8-7-20(14-24(22)28(38)40)27-25(32)15-33-29(36-27)35-23-9-12-42-13-10-23/h7-8,14-15,19,21,23H,5-6,9-13,16-18H2,1-4H3,(H,34,39)(H,33,35,36)/t19-,21+/m1/s1. The minimum absolute atomic E-state index is 0.0525. The Balaban J connectivity index is 1.18. The zero-order valence-corrected chi connectivity index (χ0v) is 26.1. The van der Waals surface area contributed by atoms with Gasteiger partial charge in [-0.15, -0.1) is 0 Å². The second-order valence-electron chi connectivity index (χ2n) is 12.6. The van der Waals surface area contributed by atoms with E-state index in [2.05, 4.69) is 20.6 Å². The normalized spacial score (nSPS) is 20.0. The molecule has 5 rings (SSSR count). The predicted molar refractivity (Wildman–Crippen MR) is 163 cm³/mol. The molecule has 2 fully saturated rings. The number of aromatic nitrogens is 2. The number of carbonyl (C=O) groups is 3. The van der Waals surface area contributed by atoms with Crippen LogP contribution in [-0.2, 0) is 20.8 Å². The summed E-state index contributed by atoms with van der Waals surface area (Å²) in [6.45, 7) is 10.4. The molecule has 3 aliphatic heterocycles. The summed E-state index contributed by atoms with van der Waals surface area (Å²) in [5, 5.41) is 6.80. The van der Waals surface area contributed by atoms with Gasteiger partial charge in [0.15, 0.2) is 0 Å². The van der Waals surface area contributed by atoms with Crippen LogP contribution in [0.1, 0.15) is 69.3 Å². The van der Waals surface area contributed by atoms with Gasteiger partial charge in [0.1, 0.15) is 12.1 Å². The largest absolute Gasteiger partial charge is 0.444 e. The lowest BCUT2D eigenvalue weighted by Crippen LogP contribution is -2.50. The smallest absolute Gasteiger partial charge is 0.410 e. The molecule has 232 valence electrons. The van der Waals surface area contributed by atoms with Crippen LogP contribution >= 0.6 is 11.6 Å². The maximum atomic E-state index is 13.3. The predicted octanol–water partition coefficient (Wildman–Crippen LogP) is 4.50. The molecule has 0 radical (unpaired) electrons. The zero-order chi connectivity index (χ0) is 30.7. The third kappa shape index (κ3) is 7.75. The van der Waals surface area contributed by atoms with Crippen LogP contribution in [0.4, 0.5) is 10.7 Å². The van der Waals surface area contributed by atoms with E-state index in [4.69, 9.17) is 21.1 Å². The van der Waals surface area contributed by atoms with E-state index in [1.54, 1.807) is 22.1 Å². The molecule has 0 unspecified atom stereocenters. The molecule has 1 aromatic carbocycles. The number of halogens is 1. The van der Waals surface area contributed by atoms with Gasteiger partial charge in [0.05, 0.1) is 16.9 Å². The van der Waals surface area contributed by atoms with Crippen LogP contribution in [0.5, 0.6) is 0 Å². The first kappa shape index (κ1) is 31.0. The molecule has 0 aliphatic carbocycles. The van der Waals surface area contributed by atoms with Gasteiger partial charge in [0.25, 0.3) is 5.91 Å². The van der Waals surface area contributed by atoms with Crippen molar-refractivity contribution in [2.75, 3.05) is 38.2 Å². The number of hydrogen-bond acceptors (Lipinski definition) is 8. The number of piperidine rings is 1. The fraction of sp³-hybridized carbons (Fsp3) is 0.581. The van der Waals surface area contributed by atoms with Gasteiger partial charge < -0.3 is 29.9 Å². The number of rotatable bonds is 7. The minimum Gasteiger partial charge on any atom is -0.444 e. The number of hydrogen-bond donors (Lipinski definition) is 2. The van der Waals surface area contributed by atoms with E-state index in [0.29, 0.717) is 60.6 Å².